The van der Waals surface area contributed by atoms with E-state index >= 15 is 0 Å². The normalized spacial score (nSPS) is 11.9. The smallest absolute Gasteiger partial charge is 0.244 e. The minimum absolute atomic E-state index is 0.254. The van der Waals surface area contributed by atoms with Crippen molar-refractivity contribution < 1.29 is 27.5 Å². The van der Waals surface area contributed by atoms with E-state index in [0.717, 1.165) is 16.1 Å². The first-order chi connectivity index (χ1) is 16.2. The predicted molar refractivity (Wildman–Crippen MR) is 132 cm³/mol. The molecule has 0 fully saturated rings. The van der Waals surface area contributed by atoms with Crippen LogP contribution in [0.5, 0.6) is 11.5 Å². The molecule has 0 heterocycles. The van der Waals surface area contributed by atoms with Gasteiger partial charge in [-0.3, -0.25) is 13.9 Å². The maximum Gasteiger partial charge on any atom is 0.244 e. The Morgan fingerprint density at radius 3 is 2.21 bits per heavy atom. The molecule has 2 aromatic rings. The van der Waals surface area contributed by atoms with Crippen LogP contribution in [-0.2, 0) is 26.0 Å². The molecular weight excluding hydrogens is 458 g/mol. The average Bonchev–Trinajstić information content (AvgIpc) is 2.83. The third-order valence-corrected chi connectivity index (χ3v) is 6.59. The van der Waals surface area contributed by atoms with Crippen LogP contribution in [0.2, 0.25) is 0 Å². The second kappa shape index (κ2) is 12.3. The molecule has 0 aliphatic carbocycles. The van der Waals surface area contributed by atoms with Gasteiger partial charge in [0.05, 0.1) is 26.2 Å². The van der Waals surface area contributed by atoms with Gasteiger partial charge in [-0.1, -0.05) is 37.3 Å². The Balaban J connectivity index is 2.39. The molecular formula is C24H33N3O6S. The van der Waals surface area contributed by atoms with Gasteiger partial charge in [0.15, 0.2) is 11.5 Å². The first kappa shape index (κ1) is 27.0. The maximum absolute atomic E-state index is 13.5. The summed E-state index contributed by atoms with van der Waals surface area (Å²) in [5, 5.41) is 2.60. The van der Waals surface area contributed by atoms with Crippen molar-refractivity contribution in [3.63, 3.8) is 0 Å². The number of carbonyl (C=O) groups is 2. The van der Waals surface area contributed by atoms with E-state index in [1.807, 2.05) is 37.3 Å². The van der Waals surface area contributed by atoms with E-state index in [1.165, 1.54) is 32.2 Å². The van der Waals surface area contributed by atoms with Gasteiger partial charge in [-0.25, -0.2) is 8.42 Å². The fourth-order valence-electron chi connectivity index (χ4n) is 3.66. The standard InChI is InChI=1S/C24H33N3O6S/c1-6-20(24(29)25-2)26(15-14-18-10-8-7-9-11-18)23(28)17-27(34(5,30)31)19-12-13-21(32-3)22(16-19)33-4/h7-13,16,20H,6,14-15,17H2,1-5H3,(H,25,29). The van der Waals surface area contributed by atoms with Crippen LogP contribution in [0.3, 0.4) is 0 Å². The third kappa shape index (κ3) is 6.86. The second-order valence-corrected chi connectivity index (χ2v) is 9.58. The van der Waals surface area contributed by atoms with Crippen LogP contribution < -0.4 is 19.1 Å². The fourth-order valence-corrected chi connectivity index (χ4v) is 4.50. The molecule has 1 unspecified atom stereocenters. The highest BCUT2D eigenvalue weighted by atomic mass is 32.2. The van der Waals surface area contributed by atoms with Crippen LogP contribution in [0, 0.1) is 0 Å². The van der Waals surface area contributed by atoms with E-state index in [-0.39, 0.29) is 18.1 Å². The van der Waals surface area contributed by atoms with Gasteiger partial charge in [0.25, 0.3) is 0 Å². The molecule has 0 aliphatic rings. The predicted octanol–water partition coefficient (Wildman–Crippen LogP) is 2.07. The van der Waals surface area contributed by atoms with Gasteiger partial charge in [0.1, 0.15) is 12.6 Å². The Bertz CT molecular complexity index is 1080. The van der Waals surface area contributed by atoms with Crippen LogP contribution in [0.1, 0.15) is 18.9 Å². The number of rotatable bonds is 12. The first-order valence-electron chi connectivity index (χ1n) is 10.9. The van der Waals surface area contributed by atoms with E-state index in [2.05, 4.69) is 5.32 Å². The van der Waals surface area contributed by atoms with Crippen molar-refractivity contribution in [2.75, 3.05) is 44.9 Å². The summed E-state index contributed by atoms with van der Waals surface area (Å²) < 4.78 is 36.8. The molecule has 0 saturated carbocycles. The van der Waals surface area contributed by atoms with Gasteiger partial charge in [0, 0.05) is 19.7 Å². The molecule has 0 spiro atoms. The van der Waals surface area contributed by atoms with Crippen molar-refractivity contribution in [3.8, 4) is 11.5 Å². The van der Waals surface area contributed by atoms with E-state index in [9.17, 15) is 18.0 Å². The number of hydrogen-bond acceptors (Lipinski definition) is 6. The van der Waals surface area contributed by atoms with Crippen LogP contribution in [-0.4, -0.2) is 71.8 Å². The Morgan fingerprint density at radius 2 is 1.68 bits per heavy atom. The van der Waals surface area contributed by atoms with Gasteiger partial charge in [-0.15, -0.1) is 0 Å². The number of benzene rings is 2. The molecule has 10 heteroatoms. The van der Waals surface area contributed by atoms with Crippen molar-refractivity contribution in [1.82, 2.24) is 10.2 Å². The number of anilines is 1. The third-order valence-electron chi connectivity index (χ3n) is 5.45. The molecule has 9 nitrogen and oxygen atoms in total. The largest absolute Gasteiger partial charge is 0.493 e. The lowest BCUT2D eigenvalue weighted by molar-refractivity contribution is -0.139. The Kier molecular flexibility index (Phi) is 9.73. The lowest BCUT2D eigenvalue weighted by Crippen LogP contribution is -2.52. The number of hydrogen-bond donors (Lipinski definition) is 1. The topological polar surface area (TPSA) is 105 Å². The van der Waals surface area contributed by atoms with Crippen LogP contribution in [0.4, 0.5) is 5.69 Å². The van der Waals surface area contributed by atoms with Crippen molar-refractivity contribution in [3.05, 3.63) is 54.1 Å². The monoisotopic (exact) mass is 491 g/mol. The summed E-state index contributed by atoms with van der Waals surface area (Å²) in [6.07, 6.45) is 1.94. The molecule has 0 saturated heterocycles. The van der Waals surface area contributed by atoms with Crippen molar-refractivity contribution in [2.45, 2.75) is 25.8 Å². The minimum Gasteiger partial charge on any atom is -0.493 e. The summed E-state index contributed by atoms with van der Waals surface area (Å²) in [4.78, 5) is 27.5. The number of nitrogens with one attached hydrogen (secondary N) is 1. The molecule has 1 atom stereocenters. The Morgan fingerprint density at radius 1 is 1.03 bits per heavy atom. The summed E-state index contributed by atoms with van der Waals surface area (Å²) in [6.45, 7) is 1.61. The number of likely N-dealkylation sites (N-methyl/N-ethyl adjacent to an activating group) is 1. The van der Waals surface area contributed by atoms with Gasteiger partial charge < -0.3 is 19.7 Å². The fraction of sp³-hybridized carbons (Fsp3) is 0.417. The molecule has 2 rings (SSSR count). The van der Waals surface area contributed by atoms with E-state index < -0.39 is 28.5 Å². The molecule has 0 aliphatic heterocycles. The van der Waals surface area contributed by atoms with Crippen LogP contribution >= 0.6 is 0 Å². The second-order valence-electron chi connectivity index (χ2n) is 7.67. The maximum atomic E-state index is 13.5. The van der Waals surface area contributed by atoms with E-state index in [4.69, 9.17) is 9.47 Å². The zero-order valence-electron chi connectivity index (χ0n) is 20.3. The number of nitrogens with zero attached hydrogens (tertiary/aromatic N) is 2. The van der Waals surface area contributed by atoms with E-state index in [0.29, 0.717) is 24.3 Å². The van der Waals surface area contributed by atoms with E-state index in [1.54, 1.807) is 12.1 Å². The molecule has 186 valence electrons. The molecule has 2 aromatic carbocycles. The molecule has 0 aromatic heterocycles. The number of ether oxygens (including phenoxy) is 2. The highest BCUT2D eigenvalue weighted by Crippen LogP contribution is 2.32. The van der Waals surface area contributed by atoms with Crippen molar-refractivity contribution >= 4 is 27.5 Å². The quantitative estimate of drug-likeness (QED) is 0.487. The molecule has 0 bridgehead atoms. The average molecular weight is 492 g/mol. The lowest BCUT2D eigenvalue weighted by Gasteiger charge is -2.32. The number of amides is 2. The number of methoxy groups -OCH3 is 2. The number of sulfonamides is 1. The van der Waals surface area contributed by atoms with Crippen molar-refractivity contribution in [1.29, 1.82) is 0 Å². The van der Waals surface area contributed by atoms with Crippen LogP contribution in [0.25, 0.3) is 0 Å². The van der Waals surface area contributed by atoms with Crippen LogP contribution in [0.15, 0.2) is 48.5 Å². The summed E-state index contributed by atoms with van der Waals surface area (Å²) in [6, 6.07) is 13.5. The first-order valence-corrected chi connectivity index (χ1v) is 12.8. The molecule has 1 N–H and O–H groups in total. The van der Waals surface area contributed by atoms with Crippen molar-refractivity contribution in [2.24, 2.45) is 0 Å². The SMILES string of the molecule is CCC(C(=O)NC)N(CCc1ccccc1)C(=O)CN(c1ccc(OC)c(OC)c1)S(C)(=O)=O. The summed E-state index contributed by atoms with van der Waals surface area (Å²) in [7, 11) is 0.602. The Labute approximate surface area is 201 Å². The molecule has 2 amide bonds. The highest BCUT2D eigenvalue weighted by Gasteiger charge is 2.31. The zero-order chi connectivity index (χ0) is 25.3. The molecule has 0 radical (unpaired) electrons. The summed E-state index contributed by atoms with van der Waals surface area (Å²) >= 11 is 0. The van der Waals surface area contributed by atoms with Gasteiger partial charge in [-0.05, 0) is 30.5 Å². The summed E-state index contributed by atoms with van der Waals surface area (Å²) in [5.74, 6) is -0.0208. The Hall–Kier alpha value is -3.27. The lowest BCUT2D eigenvalue weighted by atomic mass is 10.1. The summed E-state index contributed by atoms with van der Waals surface area (Å²) in [5.41, 5.74) is 1.26. The highest BCUT2D eigenvalue weighted by molar-refractivity contribution is 7.92. The van der Waals surface area contributed by atoms with Gasteiger partial charge in [-0.2, -0.15) is 0 Å². The number of carbonyl (C=O) groups excluding carboxylic acids is 2. The minimum atomic E-state index is -3.83. The molecule has 34 heavy (non-hydrogen) atoms. The van der Waals surface area contributed by atoms with Gasteiger partial charge >= 0.3 is 0 Å². The zero-order valence-corrected chi connectivity index (χ0v) is 21.1. The van der Waals surface area contributed by atoms with Gasteiger partial charge in [0.2, 0.25) is 21.8 Å².